The van der Waals surface area contributed by atoms with Gasteiger partial charge in [0.15, 0.2) is 0 Å². The van der Waals surface area contributed by atoms with Crippen LogP contribution in [0.2, 0.25) is 0 Å². The number of nitrogens with two attached hydrogens (primary N) is 1. The minimum absolute atomic E-state index is 0.108. The molecule has 3 nitrogen and oxygen atoms in total. The summed E-state index contributed by atoms with van der Waals surface area (Å²) in [5, 5.41) is 0. The number of nitrogen functional groups attached to an aromatic ring is 1. The van der Waals surface area contributed by atoms with E-state index in [0.717, 1.165) is 17.1 Å². The molecule has 106 valence electrons. The quantitative estimate of drug-likeness (QED) is 0.849. The summed E-state index contributed by atoms with van der Waals surface area (Å²) >= 11 is 0. The first kappa shape index (κ1) is 14.3. The average molecular weight is 270 g/mol. The van der Waals surface area contributed by atoms with Crippen molar-refractivity contribution in [1.29, 1.82) is 0 Å². The topological polar surface area (TPSA) is 38.5 Å². The van der Waals surface area contributed by atoms with E-state index in [1.54, 1.807) is 0 Å². The molecule has 0 saturated heterocycles. The summed E-state index contributed by atoms with van der Waals surface area (Å²) in [7, 11) is 2.04. The fraction of sp³-hybridized carbons (Fsp3) is 0.294. The molecule has 0 saturated carbocycles. The van der Waals surface area contributed by atoms with Crippen LogP contribution in [0.4, 0.5) is 17.1 Å². The first-order valence-electron chi connectivity index (χ1n) is 6.84. The van der Waals surface area contributed by atoms with E-state index in [9.17, 15) is 0 Å². The first-order chi connectivity index (χ1) is 9.47. The van der Waals surface area contributed by atoms with Crippen molar-refractivity contribution in [2.75, 3.05) is 17.7 Å². The van der Waals surface area contributed by atoms with Crippen molar-refractivity contribution in [2.24, 2.45) is 0 Å². The van der Waals surface area contributed by atoms with Gasteiger partial charge in [-0.25, -0.2) is 0 Å². The third-order valence-electron chi connectivity index (χ3n) is 3.14. The van der Waals surface area contributed by atoms with Crippen LogP contribution in [0.3, 0.4) is 0 Å². The highest BCUT2D eigenvalue weighted by Crippen LogP contribution is 2.31. The number of benzene rings is 2. The molecule has 0 aliphatic rings. The second-order valence-corrected chi connectivity index (χ2v) is 5.29. The number of hydrogen-bond donors (Lipinski definition) is 1. The summed E-state index contributed by atoms with van der Waals surface area (Å²) in [6.45, 7) is 6.08. The minimum atomic E-state index is 0.108. The SMILES string of the molecule is Cc1cccc(N(C)c2ccc(N)c(OC(C)C)c2)c1. The minimum Gasteiger partial charge on any atom is -0.489 e. The number of aryl methyl sites for hydroxylation is 1. The van der Waals surface area contributed by atoms with Gasteiger partial charge in [0, 0.05) is 24.5 Å². The van der Waals surface area contributed by atoms with Gasteiger partial charge in [-0.2, -0.15) is 0 Å². The fourth-order valence-corrected chi connectivity index (χ4v) is 2.07. The smallest absolute Gasteiger partial charge is 0.144 e. The van der Waals surface area contributed by atoms with E-state index in [4.69, 9.17) is 10.5 Å². The number of rotatable bonds is 4. The van der Waals surface area contributed by atoms with Crippen LogP contribution in [-0.2, 0) is 0 Å². The molecule has 0 heterocycles. The lowest BCUT2D eigenvalue weighted by atomic mass is 10.2. The van der Waals surface area contributed by atoms with Crippen molar-refractivity contribution in [3.05, 3.63) is 48.0 Å². The van der Waals surface area contributed by atoms with Crippen LogP contribution in [0.1, 0.15) is 19.4 Å². The van der Waals surface area contributed by atoms with Crippen molar-refractivity contribution in [2.45, 2.75) is 26.9 Å². The van der Waals surface area contributed by atoms with E-state index in [1.807, 2.05) is 39.1 Å². The second-order valence-electron chi connectivity index (χ2n) is 5.29. The van der Waals surface area contributed by atoms with Gasteiger partial charge in [-0.1, -0.05) is 12.1 Å². The molecular weight excluding hydrogens is 248 g/mol. The van der Waals surface area contributed by atoms with Crippen LogP contribution in [0.25, 0.3) is 0 Å². The molecule has 0 aliphatic heterocycles. The standard InChI is InChI=1S/C17H22N2O/c1-12(2)20-17-11-15(8-9-16(17)18)19(4)14-7-5-6-13(3)10-14/h5-12H,18H2,1-4H3. The third kappa shape index (κ3) is 3.23. The lowest BCUT2D eigenvalue weighted by molar-refractivity contribution is 0.244. The van der Waals surface area contributed by atoms with Crippen LogP contribution in [-0.4, -0.2) is 13.2 Å². The highest BCUT2D eigenvalue weighted by Gasteiger charge is 2.09. The summed E-state index contributed by atoms with van der Waals surface area (Å²) in [5.74, 6) is 0.733. The van der Waals surface area contributed by atoms with Crippen LogP contribution >= 0.6 is 0 Å². The number of hydrogen-bond acceptors (Lipinski definition) is 3. The molecule has 20 heavy (non-hydrogen) atoms. The molecule has 2 aromatic carbocycles. The van der Waals surface area contributed by atoms with E-state index < -0.39 is 0 Å². The van der Waals surface area contributed by atoms with Gasteiger partial charge in [-0.3, -0.25) is 0 Å². The van der Waals surface area contributed by atoms with Gasteiger partial charge in [0.25, 0.3) is 0 Å². The maximum atomic E-state index is 5.96. The summed E-state index contributed by atoms with van der Waals surface area (Å²) in [4.78, 5) is 2.12. The average Bonchev–Trinajstić information content (AvgIpc) is 2.40. The molecule has 0 fully saturated rings. The van der Waals surface area contributed by atoms with E-state index in [-0.39, 0.29) is 6.10 Å². The molecule has 3 heteroatoms. The van der Waals surface area contributed by atoms with E-state index in [2.05, 4.69) is 36.1 Å². The van der Waals surface area contributed by atoms with E-state index >= 15 is 0 Å². The van der Waals surface area contributed by atoms with Gasteiger partial charge in [0.1, 0.15) is 5.75 Å². The van der Waals surface area contributed by atoms with Gasteiger partial charge in [-0.15, -0.1) is 0 Å². The monoisotopic (exact) mass is 270 g/mol. The second kappa shape index (κ2) is 5.87. The van der Waals surface area contributed by atoms with Crippen molar-refractivity contribution in [1.82, 2.24) is 0 Å². The van der Waals surface area contributed by atoms with Crippen LogP contribution in [0, 0.1) is 6.92 Å². The molecule has 0 atom stereocenters. The molecule has 0 radical (unpaired) electrons. The highest BCUT2D eigenvalue weighted by molar-refractivity contribution is 5.68. The molecule has 0 bridgehead atoms. The Morgan fingerprint density at radius 1 is 1.05 bits per heavy atom. The number of nitrogens with zero attached hydrogens (tertiary/aromatic N) is 1. The van der Waals surface area contributed by atoms with Gasteiger partial charge in [0.2, 0.25) is 0 Å². The van der Waals surface area contributed by atoms with E-state index in [0.29, 0.717) is 5.69 Å². The van der Waals surface area contributed by atoms with Crippen LogP contribution in [0.5, 0.6) is 5.75 Å². The first-order valence-corrected chi connectivity index (χ1v) is 6.84. The van der Waals surface area contributed by atoms with Gasteiger partial charge in [0.05, 0.1) is 11.8 Å². The lowest BCUT2D eigenvalue weighted by Crippen LogP contribution is -2.12. The number of ether oxygens (including phenoxy) is 1. The Labute approximate surface area is 121 Å². The van der Waals surface area contributed by atoms with Crippen molar-refractivity contribution in [3.63, 3.8) is 0 Å². The Bertz CT molecular complexity index is 593. The molecule has 0 spiro atoms. The van der Waals surface area contributed by atoms with Gasteiger partial charge in [-0.05, 0) is 50.6 Å². The molecule has 0 amide bonds. The third-order valence-corrected chi connectivity index (χ3v) is 3.14. The van der Waals surface area contributed by atoms with Crippen molar-refractivity contribution >= 4 is 17.1 Å². The zero-order valence-corrected chi connectivity index (χ0v) is 12.6. The summed E-state index contributed by atoms with van der Waals surface area (Å²) in [6, 6.07) is 14.3. The molecule has 2 aromatic rings. The Balaban J connectivity index is 2.32. The van der Waals surface area contributed by atoms with Gasteiger partial charge >= 0.3 is 0 Å². The summed E-state index contributed by atoms with van der Waals surface area (Å²) in [5.41, 5.74) is 10.1. The largest absolute Gasteiger partial charge is 0.489 e. The zero-order chi connectivity index (χ0) is 14.7. The number of anilines is 3. The molecular formula is C17H22N2O. The molecule has 0 aromatic heterocycles. The predicted molar refractivity (Wildman–Crippen MR) is 85.9 cm³/mol. The Morgan fingerprint density at radius 3 is 2.40 bits per heavy atom. The fourth-order valence-electron chi connectivity index (χ4n) is 2.07. The highest BCUT2D eigenvalue weighted by atomic mass is 16.5. The lowest BCUT2D eigenvalue weighted by Gasteiger charge is -2.22. The molecule has 0 unspecified atom stereocenters. The zero-order valence-electron chi connectivity index (χ0n) is 12.6. The Hall–Kier alpha value is -2.16. The van der Waals surface area contributed by atoms with E-state index in [1.165, 1.54) is 5.56 Å². The molecule has 2 rings (SSSR count). The molecule has 2 N–H and O–H groups in total. The normalized spacial score (nSPS) is 10.7. The Morgan fingerprint density at radius 2 is 1.75 bits per heavy atom. The van der Waals surface area contributed by atoms with Crippen LogP contribution < -0.4 is 15.4 Å². The maximum Gasteiger partial charge on any atom is 0.144 e. The summed E-state index contributed by atoms with van der Waals surface area (Å²) < 4.78 is 5.74. The van der Waals surface area contributed by atoms with Crippen LogP contribution in [0.15, 0.2) is 42.5 Å². The summed E-state index contributed by atoms with van der Waals surface area (Å²) in [6.07, 6.45) is 0.108. The Kier molecular flexibility index (Phi) is 4.18. The maximum absolute atomic E-state index is 5.96. The van der Waals surface area contributed by atoms with Crippen molar-refractivity contribution < 1.29 is 4.74 Å². The van der Waals surface area contributed by atoms with Crippen molar-refractivity contribution in [3.8, 4) is 5.75 Å². The predicted octanol–water partition coefficient (Wildman–Crippen LogP) is 4.13. The van der Waals surface area contributed by atoms with Gasteiger partial charge < -0.3 is 15.4 Å². The molecule has 0 aliphatic carbocycles.